The molecule has 12 heavy (non-hydrogen) atoms. The molecule has 1 aliphatic rings. The van der Waals surface area contributed by atoms with Gasteiger partial charge in [-0.1, -0.05) is 13.8 Å². The average Bonchev–Trinajstić information content (AvgIpc) is 2.46. The summed E-state index contributed by atoms with van der Waals surface area (Å²) >= 11 is 0. The van der Waals surface area contributed by atoms with Crippen LogP contribution >= 0.6 is 0 Å². The Hall–Kier alpha value is -0.920. The van der Waals surface area contributed by atoms with E-state index in [0.29, 0.717) is 0 Å². The van der Waals surface area contributed by atoms with Crippen molar-refractivity contribution in [1.82, 2.24) is 10.2 Å². The minimum Gasteiger partial charge on any atom is -0.159 e. The van der Waals surface area contributed by atoms with Gasteiger partial charge in [-0.05, 0) is 36.3 Å². The first-order valence-electron chi connectivity index (χ1n) is 4.57. The molecule has 0 saturated carbocycles. The lowest BCUT2D eigenvalue weighted by molar-refractivity contribution is 0.402. The molecule has 1 unspecified atom stereocenters. The molecule has 0 saturated heterocycles. The van der Waals surface area contributed by atoms with Gasteiger partial charge in [-0.15, -0.1) is 0 Å². The fourth-order valence-electron chi connectivity index (χ4n) is 1.82. The van der Waals surface area contributed by atoms with E-state index in [0.717, 1.165) is 18.3 Å². The molecule has 0 bridgehead atoms. The van der Waals surface area contributed by atoms with Gasteiger partial charge in [0.15, 0.2) is 0 Å². The van der Waals surface area contributed by atoms with Crippen molar-refractivity contribution in [2.45, 2.75) is 26.7 Å². The van der Waals surface area contributed by atoms with Crippen molar-refractivity contribution in [1.29, 1.82) is 0 Å². The van der Waals surface area contributed by atoms with Gasteiger partial charge in [0.2, 0.25) is 0 Å². The van der Waals surface area contributed by atoms with Crippen LogP contribution in [0, 0.1) is 11.8 Å². The van der Waals surface area contributed by atoms with Gasteiger partial charge in [0, 0.05) is 6.20 Å². The maximum Gasteiger partial charge on any atom is 0.0666 e. The minimum absolute atomic E-state index is 0.763. The van der Waals surface area contributed by atoms with Gasteiger partial charge >= 0.3 is 0 Å². The molecule has 0 amide bonds. The third kappa shape index (κ3) is 1.22. The van der Waals surface area contributed by atoms with Crippen molar-refractivity contribution >= 4 is 0 Å². The number of aromatic nitrogens is 2. The van der Waals surface area contributed by atoms with Crippen LogP contribution in [0.1, 0.15) is 25.1 Å². The number of fused-ring (bicyclic) bond motifs is 1. The van der Waals surface area contributed by atoms with Crippen LogP contribution in [-0.4, -0.2) is 10.2 Å². The second-order valence-electron chi connectivity index (χ2n) is 3.92. The van der Waals surface area contributed by atoms with Gasteiger partial charge in [-0.2, -0.15) is 10.2 Å². The van der Waals surface area contributed by atoms with Crippen LogP contribution in [0.15, 0.2) is 12.3 Å². The summed E-state index contributed by atoms with van der Waals surface area (Å²) in [6, 6.07) is 2.10. The molecule has 0 fully saturated rings. The molecule has 1 heterocycles. The van der Waals surface area contributed by atoms with E-state index in [4.69, 9.17) is 0 Å². The number of rotatable bonds is 1. The Kier molecular flexibility index (Phi) is 1.83. The molecule has 0 N–H and O–H groups in total. The van der Waals surface area contributed by atoms with Crippen LogP contribution in [0.3, 0.4) is 0 Å². The van der Waals surface area contributed by atoms with Crippen molar-refractivity contribution in [3.8, 4) is 0 Å². The Bertz CT molecular complexity index is 256. The normalized spacial score (nSPS) is 21.4. The zero-order valence-electron chi connectivity index (χ0n) is 7.62. The maximum atomic E-state index is 4.14. The van der Waals surface area contributed by atoms with Gasteiger partial charge < -0.3 is 0 Å². The van der Waals surface area contributed by atoms with E-state index in [-0.39, 0.29) is 0 Å². The van der Waals surface area contributed by atoms with E-state index in [1.807, 2.05) is 0 Å². The Balaban J connectivity index is 2.22. The monoisotopic (exact) mass is 162 g/mol. The maximum absolute atomic E-state index is 4.14. The van der Waals surface area contributed by atoms with Crippen LogP contribution < -0.4 is 0 Å². The Morgan fingerprint density at radius 2 is 2.25 bits per heavy atom. The molecule has 1 aliphatic carbocycles. The summed E-state index contributed by atoms with van der Waals surface area (Å²) in [5.74, 6) is 1.55. The first kappa shape index (κ1) is 7.71. The second kappa shape index (κ2) is 2.85. The minimum atomic E-state index is 0.763. The smallest absolute Gasteiger partial charge is 0.0666 e. The van der Waals surface area contributed by atoms with Crippen molar-refractivity contribution < 1.29 is 0 Å². The SMILES string of the molecule is CC(C)C1Cc2ccnnc2C1. The van der Waals surface area contributed by atoms with Crippen LogP contribution in [0.2, 0.25) is 0 Å². The largest absolute Gasteiger partial charge is 0.159 e. The van der Waals surface area contributed by atoms with Crippen molar-refractivity contribution in [3.63, 3.8) is 0 Å². The first-order chi connectivity index (χ1) is 5.77. The average molecular weight is 162 g/mol. The molecule has 2 rings (SSSR count). The molecular formula is C10H14N2. The Morgan fingerprint density at radius 1 is 1.42 bits per heavy atom. The third-order valence-corrected chi connectivity index (χ3v) is 2.77. The molecule has 64 valence electrons. The molecule has 1 atom stereocenters. The highest BCUT2D eigenvalue weighted by Gasteiger charge is 2.24. The summed E-state index contributed by atoms with van der Waals surface area (Å²) in [5, 5.41) is 8.04. The summed E-state index contributed by atoms with van der Waals surface area (Å²) < 4.78 is 0. The van der Waals surface area contributed by atoms with Crippen molar-refractivity contribution in [2.24, 2.45) is 11.8 Å². The zero-order chi connectivity index (χ0) is 8.55. The predicted octanol–water partition coefficient (Wildman–Crippen LogP) is 1.85. The van der Waals surface area contributed by atoms with Gasteiger partial charge in [0.05, 0.1) is 5.69 Å². The summed E-state index contributed by atoms with van der Waals surface area (Å²) in [4.78, 5) is 0. The van der Waals surface area contributed by atoms with Crippen molar-refractivity contribution in [2.75, 3.05) is 0 Å². The molecular weight excluding hydrogens is 148 g/mol. The lowest BCUT2D eigenvalue weighted by atomic mass is 9.93. The number of hydrogen-bond acceptors (Lipinski definition) is 2. The van der Waals surface area contributed by atoms with Gasteiger partial charge in [-0.25, -0.2) is 0 Å². The Labute approximate surface area is 73.0 Å². The summed E-state index contributed by atoms with van der Waals surface area (Å²) in [6.07, 6.45) is 4.12. The standard InChI is InChI=1S/C10H14N2/c1-7(2)9-5-8-3-4-11-12-10(8)6-9/h3-4,7,9H,5-6H2,1-2H3. The second-order valence-corrected chi connectivity index (χ2v) is 3.92. The van der Waals surface area contributed by atoms with E-state index in [2.05, 4.69) is 30.1 Å². The topological polar surface area (TPSA) is 25.8 Å². The molecule has 2 heteroatoms. The summed E-state index contributed by atoms with van der Waals surface area (Å²) in [6.45, 7) is 4.56. The van der Waals surface area contributed by atoms with E-state index < -0.39 is 0 Å². The lowest BCUT2D eigenvalue weighted by Crippen LogP contribution is -2.07. The zero-order valence-corrected chi connectivity index (χ0v) is 7.62. The lowest BCUT2D eigenvalue weighted by Gasteiger charge is -2.11. The number of hydrogen-bond donors (Lipinski definition) is 0. The molecule has 0 spiro atoms. The molecule has 1 aromatic heterocycles. The predicted molar refractivity (Wildman–Crippen MR) is 47.8 cm³/mol. The summed E-state index contributed by atoms with van der Waals surface area (Å²) in [5.41, 5.74) is 2.62. The Morgan fingerprint density at radius 3 is 2.92 bits per heavy atom. The molecule has 0 radical (unpaired) electrons. The highest BCUT2D eigenvalue weighted by Crippen LogP contribution is 2.29. The van der Waals surface area contributed by atoms with Crippen LogP contribution in [-0.2, 0) is 12.8 Å². The molecule has 0 aromatic carbocycles. The van der Waals surface area contributed by atoms with E-state index in [1.165, 1.54) is 17.7 Å². The molecule has 2 nitrogen and oxygen atoms in total. The molecule has 1 aromatic rings. The highest BCUT2D eigenvalue weighted by molar-refractivity contribution is 5.23. The van der Waals surface area contributed by atoms with Crippen LogP contribution in [0.25, 0.3) is 0 Å². The van der Waals surface area contributed by atoms with E-state index >= 15 is 0 Å². The van der Waals surface area contributed by atoms with E-state index in [1.54, 1.807) is 6.20 Å². The first-order valence-corrected chi connectivity index (χ1v) is 4.57. The van der Waals surface area contributed by atoms with Crippen molar-refractivity contribution in [3.05, 3.63) is 23.5 Å². The number of nitrogens with zero attached hydrogens (tertiary/aromatic N) is 2. The van der Waals surface area contributed by atoms with Gasteiger partial charge in [-0.3, -0.25) is 0 Å². The fourth-order valence-corrected chi connectivity index (χ4v) is 1.82. The molecule has 0 aliphatic heterocycles. The fraction of sp³-hybridized carbons (Fsp3) is 0.600. The summed E-state index contributed by atoms with van der Waals surface area (Å²) in [7, 11) is 0. The van der Waals surface area contributed by atoms with E-state index in [9.17, 15) is 0 Å². The van der Waals surface area contributed by atoms with Crippen LogP contribution in [0.4, 0.5) is 0 Å². The third-order valence-electron chi connectivity index (χ3n) is 2.77. The van der Waals surface area contributed by atoms with Crippen LogP contribution in [0.5, 0.6) is 0 Å². The highest BCUT2D eigenvalue weighted by atomic mass is 15.1. The van der Waals surface area contributed by atoms with Gasteiger partial charge in [0.1, 0.15) is 0 Å². The van der Waals surface area contributed by atoms with Gasteiger partial charge in [0.25, 0.3) is 0 Å². The quantitative estimate of drug-likeness (QED) is 0.629.